The monoisotopic (exact) mass is 458 g/mol. The van der Waals surface area contributed by atoms with Crippen molar-refractivity contribution in [2.75, 3.05) is 51.3 Å². The lowest BCUT2D eigenvalue weighted by Crippen LogP contribution is -2.48. The van der Waals surface area contributed by atoms with E-state index in [1.54, 1.807) is 18.4 Å². The van der Waals surface area contributed by atoms with Gasteiger partial charge in [0.15, 0.2) is 10.9 Å². The summed E-state index contributed by atoms with van der Waals surface area (Å²) in [4.78, 5) is 21.9. The highest BCUT2D eigenvalue weighted by Crippen LogP contribution is 2.38. The third kappa shape index (κ3) is 4.79. The van der Waals surface area contributed by atoms with Gasteiger partial charge in [-0.2, -0.15) is 0 Å². The van der Waals surface area contributed by atoms with Crippen LogP contribution >= 0.6 is 22.9 Å². The maximum atomic E-state index is 12.5. The van der Waals surface area contributed by atoms with Crippen LogP contribution in [0.4, 0.5) is 5.13 Å². The predicted octanol–water partition coefficient (Wildman–Crippen LogP) is 4.13. The Morgan fingerprint density at radius 3 is 2.68 bits per heavy atom. The van der Waals surface area contributed by atoms with Crippen LogP contribution in [0.2, 0.25) is 5.02 Å². The second-order valence-corrected chi connectivity index (χ2v) is 9.24. The molecule has 6 nitrogen and oxygen atoms in total. The largest absolute Gasteiger partial charge is 0.493 e. The summed E-state index contributed by atoms with van der Waals surface area (Å²) in [6.07, 6.45) is 0. The number of rotatable bonds is 6. The Labute approximate surface area is 191 Å². The van der Waals surface area contributed by atoms with E-state index < -0.39 is 0 Å². The molecule has 1 fully saturated rings. The van der Waals surface area contributed by atoms with E-state index in [2.05, 4.69) is 15.1 Å². The normalized spacial score (nSPS) is 14.8. The smallest absolute Gasteiger partial charge is 0.251 e. The summed E-state index contributed by atoms with van der Waals surface area (Å²) in [6.45, 7) is 9.18. The van der Waals surface area contributed by atoms with Crippen molar-refractivity contribution in [3.05, 3.63) is 52.0 Å². The van der Waals surface area contributed by atoms with Gasteiger partial charge in [0.25, 0.3) is 5.91 Å². The lowest BCUT2D eigenvalue weighted by atomic mass is 10.1. The molecule has 0 atom stereocenters. The summed E-state index contributed by atoms with van der Waals surface area (Å²) < 4.78 is 6.51. The predicted molar refractivity (Wildman–Crippen MR) is 128 cm³/mol. The number of piperazine rings is 1. The molecular weight excluding hydrogens is 432 g/mol. The SMILES string of the molecule is COc1c(Cl)ccc2sc(N3CCN(CCNC(=O)c4ccc(C)cc4C)CC3)nc12. The van der Waals surface area contributed by atoms with Gasteiger partial charge >= 0.3 is 0 Å². The summed E-state index contributed by atoms with van der Waals surface area (Å²) in [6, 6.07) is 9.77. The van der Waals surface area contributed by atoms with E-state index in [4.69, 9.17) is 21.3 Å². The molecule has 0 aliphatic carbocycles. The lowest BCUT2D eigenvalue weighted by molar-refractivity contribution is 0.0947. The van der Waals surface area contributed by atoms with Crippen LogP contribution < -0.4 is 15.0 Å². The number of hydrogen-bond acceptors (Lipinski definition) is 6. The third-order valence-corrected chi connectivity index (χ3v) is 7.02. The molecule has 1 saturated heterocycles. The zero-order chi connectivity index (χ0) is 22.0. The maximum Gasteiger partial charge on any atom is 0.251 e. The number of ether oxygens (including phenoxy) is 1. The van der Waals surface area contributed by atoms with Crippen molar-refractivity contribution in [1.29, 1.82) is 0 Å². The highest BCUT2D eigenvalue weighted by atomic mass is 35.5. The van der Waals surface area contributed by atoms with E-state index in [1.165, 1.54) is 5.56 Å². The van der Waals surface area contributed by atoms with Crippen LogP contribution in [0.5, 0.6) is 5.75 Å². The zero-order valence-corrected chi connectivity index (χ0v) is 19.6. The molecule has 0 radical (unpaired) electrons. The summed E-state index contributed by atoms with van der Waals surface area (Å²) in [5.74, 6) is 0.637. The number of aryl methyl sites for hydroxylation is 2. The Bertz CT molecular complexity index is 1090. The maximum absolute atomic E-state index is 12.5. The van der Waals surface area contributed by atoms with Crippen LogP contribution in [0.15, 0.2) is 30.3 Å². The minimum atomic E-state index is -0.00165. The van der Waals surface area contributed by atoms with Gasteiger partial charge in [-0.3, -0.25) is 9.69 Å². The molecule has 1 amide bonds. The molecule has 1 aliphatic heterocycles. The van der Waals surface area contributed by atoms with Gasteiger partial charge in [0.05, 0.1) is 16.8 Å². The molecular formula is C23H27ClN4O2S. The van der Waals surface area contributed by atoms with E-state index in [-0.39, 0.29) is 5.91 Å². The molecule has 0 unspecified atom stereocenters. The number of fused-ring (bicyclic) bond motifs is 1. The van der Waals surface area contributed by atoms with Crippen LogP contribution in [0, 0.1) is 13.8 Å². The summed E-state index contributed by atoms with van der Waals surface area (Å²) in [7, 11) is 1.62. The molecule has 2 heterocycles. The molecule has 31 heavy (non-hydrogen) atoms. The molecule has 0 spiro atoms. The Morgan fingerprint density at radius 1 is 1.19 bits per heavy atom. The third-order valence-electron chi connectivity index (χ3n) is 5.64. The number of aromatic nitrogens is 1. The highest BCUT2D eigenvalue weighted by molar-refractivity contribution is 7.22. The Balaban J connectivity index is 1.29. The van der Waals surface area contributed by atoms with Crippen molar-refractivity contribution in [3.8, 4) is 5.75 Å². The van der Waals surface area contributed by atoms with Gasteiger partial charge in [-0.25, -0.2) is 4.98 Å². The van der Waals surface area contributed by atoms with Crippen LogP contribution in [0.25, 0.3) is 10.2 Å². The summed E-state index contributed by atoms with van der Waals surface area (Å²) in [5, 5.41) is 4.64. The van der Waals surface area contributed by atoms with Crippen molar-refractivity contribution in [2.45, 2.75) is 13.8 Å². The van der Waals surface area contributed by atoms with Gasteiger partial charge in [-0.05, 0) is 37.6 Å². The van der Waals surface area contributed by atoms with Gasteiger partial charge in [0.2, 0.25) is 0 Å². The summed E-state index contributed by atoms with van der Waals surface area (Å²) >= 11 is 7.90. The standard InChI is InChI=1S/C23H27ClN4O2S/c1-15-4-5-17(16(2)14-15)22(29)25-8-9-27-10-12-28(13-11-27)23-26-20-19(31-23)7-6-18(24)21(20)30-3/h4-7,14H,8-13H2,1-3H3,(H,25,29). The fourth-order valence-corrected chi connectivity index (χ4v) is 5.16. The number of thiazole rings is 1. The topological polar surface area (TPSA) is 57.7 Å². The first-order chi connectivity index (χ1) is 15.0. The summed E-state index contributed by atoms with van der Waals surface area (Å²) in [5.41, 5.74) is 3.76. The van der Waals surface area contributed by atoms with Crippen LogP contribution in [-0.4, -0.2) is 62.2 Å². The molecule has 1 aliphatic rings. The number of methoxy groups -OCH3 is 1. The Kier molecular flexibility index (Phi) is 6.65. The molecule has 2 aromatic carbocycles. The second-order valence-electron chi connectivity index (χ2n) is 7.83. The van der Waals surface area contributed by atoms with Gasteiger partial charge in [-0.15, -0.1) is 0 Å². The van der Waals surface area contributed by atoms with Gasteiger partial charge in [0, 0.05) is 44.8 Å². The number of nitrogens with one attached hydrogen (secondary N) is 1. The number of anilines is 1. The number of carbonyl (C=O) groups is 1. The van der Waals surface area contributed by atoms with E-state index in [1.807, 2.05) is 44.2 Å². The van der Waals surface area contributed by atoms with E-state index in [0.29, 0.717) is 17.3 Å². The van der Waals surface area contributed by atoms with Gasteiger partial charge in [-0.1, -0.05) is 40.6 Å². The Morgan fingerprint density at radius 2 is 1.97 bits per heavy atom. The fraction of sp³-hybridized carbons (Fsp3) is 0.391. The van der Waals surface area contributed by atoms with Crippen molar-refractivity contribution >= 4 is 44.2 Å². The minimum Gasteiger partial charge on any atom is -0.493 e. The van der Waals surface area contributed by atoms with E-state index >= 15 is 0 Å². The number of nitrogens with zero attached hydrogens (tertiary/aromatic N) is 3. The molecule has 164 valence electrons. The average molecular weight is 459 g/mol. The van der Waals surface area contributed by atoms with Crippen molar-refractivity contribution in [1.82, 2.24) is 15.2 Å². The van der Waals surface area contributed by atoms with Gasteiger partial charge < -0.3 is 15.0 Å². The number of halogens is 1. The molecule has 0 bridgehead atoms. The van der Waals surface area contributed by atoms with Crippen LogP contribution in [0.1, 0.15) is 21.5 Å². The molecule has 8 heteroatoms. The first-order valence-corrected chi connectivity index (χ1v) is 11.6. The van der Waals surface area contributed by atoms with Crippen LogP contribution in [0.3, 0.4) is 0 Å². The van der Waals surface area contributed by atoms with E-state index in [9.17, 15) is 4.79 Å². The molecule has 4 rings (SSSR count). The Hall–Kier alpha value is -2.35. The van der Waals surface area contributed by atoms with Crippen LogP contribution in [-0.2, 0) is 0 Å². The minimum absolute atomic E-state index is 0.00165. The first kappa shape index (κ1) is 21.9. The zero-order valence-electron chi connectivity index (χ0n) is 18.1. The molecule has 1 N–H and O–H groups in total. The number of hydrogen-bond donors (Lipinski definition) is 1. The quantitative estimate of drug-likeness (QED) is 0.602. The van der Waals surface area contributed by atoms with Crippen molar-refractivity contribution < 1.29 is 9.53 Å². The molecule has 0 saturated carbocycles. The lowest BCUT2D eigenvalue weighted by Gasteiger charge is -2.34. The molecule has 3 aromatic rings. The van der Waals surface area contributed by atoms with E-state index in [0.717, 1.165) is 59.2 Å². The first-order valence-electron chi connectivity index (χ1n) is 10.4. The van der Waals surface area contributed by atoms with Crippen molar-refractivity contribution in [2.24, 2.45) is 0 Å². The van der Waals surface area contributed by atoms with Gasteiger partial charge in [0.1, 0.15) is 5.52 Å². The van der Waals surface area contributed by atoms with Crippen molar-refractivity contribution in [3.63, 3.8) is 0 Å². The number of amides is 1. The number of benzene rings is 2. The highest BCUT2D eigenvalue weighted by Gasteiger charge is 2.21. The fourth-order valence-electron chi connectivity index (χ4n) is 3.92. The number of carbonyl (C=O) groups excluding carboxylic acids is 1. The average Bonchev–Trinajstić information content (AvgIpc) is 3.18. The second kappa shape index (κ2) is 9.42. The molecule has 1 aromatic heterocycles.